The van der Waals surface area contributed by atoms with Crippen LogP contribution in [0.1, 0.15) is 46.3 Å². The first-order valence-electron chi connectivity index (χ1n) is 6.30. The normalized spacial score (nSPS) is 15.7. The van der Waals surface area contributed by atoms with E-state index in [0.717, 1.165) is 24.0 Å². The van der Waals surface area contributed by atoms with E-state index in [1.165, 1.54) is 17.5 Å². The van der Waals surface area contributed by atoms with Gasteiger partial charge in [0.15, 0.2) is 5.78 Å². The molecule has 0 N–H and O–H groups in total. The van der Waals surface area contributed by atoms with E-state index in [2.05, 4.69) is 13.0 Å². The van der Waals surface area contributed by atoms with Gasteiger partial charge in [0.2, 0.25) is 0 Å². The van der Waals surface area contributed by atoms with Crippen molar-refractivity contribution < 1.29 is 9.53 Å². The summed E-state index contributed by atoms with van der Waals surface area (Å²) in [7, 11) is 0. The molecule has 17 heavy (non-hydrogen) atoms. The molecule has 92 valence electrons. The van der Waals surface area contributed by atoms with Crippen molar-refractivity contribution in [2.45, 2.75) is 46.1 Å². The zero-order chi connectivity index (χ0) is 12.4. The summed E-state index contributed by atoms with van der Waals surface area (Å²) < 4.78 is 5.57. The number of hydrogen-bond acceptors (Lipinski definition) is 2. The monoisotopic (exact) mass is 232 g/mol. The molecule has 0 radical (unpaired) electrons. The Morgan fingerprint density at radius 1 is 1.18 bits per heavy atom. The molecule has 0 atom stereocenters. The highest BCUT2D eigenvalue weighted by Gasteiger charge is 2.20. The van der Waals surface area contributed by atoms with Crippen LogP contribution in [0.2, 0.25) is 0 Å². The summed E-state index contributed by atoms with van der Waals surface area (Å²) in [6.45, 7) is 6.33. The molecule has 0 spiro atoms. The third kappa shape index (κ3) is 2.75. The van der Waals surface area contributed by atoms with E-state index in [-0.39, 0.29) is 12.4 Å². The van der Waals surface area contributed by atoms with Crippen LogP contribution in [-0.2, 0) is 4.74 Å². The Morgan fingerprint density at radius 3 is 2.41 bits per heavy atom. The third-order valence-electron chi connectivity index (χ3n) is 3.64. The number of carbonyl (C=O) groups is 1. The van der Waals surface area contributed by atoms with E-state index >= 15 is 0 Å². The van der Waals surface area contributed by atoms with Gasteiger partial charge in [-0.2, -0.15) is 0 Å². The number of hydrogen-bond donors (Lipinski definition) is 0. The fraction of sp³-hybridized carbons (Fsp3) is 0.533. The number of carbonyl (C=O) groups excluding carboxylic acids is 1. The molecule has 0 saturated heterocycles. The lowest BCUT2D eigenvalue weighted by Gasteiger charge is -2.25. The van der Waals surface area contributed by atoms with Crippen LogP contribution >= 0.6 is 0 Å². The molecule has 0 unspecified atom stereocenters. The summed E-state index contributed by atoms with van der Waals surface area (Å²) in [5.74, 6) is 0.109. The largest absolute Gasteiger partial charge is 0.370 e. The molecule has 1 aliphatic rings. The molecule has 0 heterocycles. The minimum atomic E-state index is 0.109. The predicted molar refractivity (Wildman–Crippen MR) is 68.6 cm³/mol. The maximum absolute atomic E-state index is 12.0. The topological polar surface area (TPSA) is 26.3 Å². The van der Waals surface area contributed by atoms with Crippen molar-refractivity contribution in [1.82, 2.24) is 0 Å². The summed E-state index contributed by atoms with van der Waals surface area (Å²) in [6, 6.07) is 4.06. The second-order valence-electron chi connectivity index (χ2n) is 5.04. The van der Waals surface area contributed by atoms with Crippen molar-refractivity contribution in [3.63, 3.8) is 0 Å². The number of Topliss-reactive ketones (excluding diaryl/α,β-unsaturated/α-hetero) is 1. The van der Waals surface area contributed by atoms with Crippen LogP contribution in [0.15, 0.2) is 12.1 Å². The summed E-state index contributed by atoms with van der Waals surface area (Å²) in [5.41, 5.74) is 4.27. The summed E-state index contributed by atoms with van der Waals surface area (Å²) >= 11 is 0. The van der Waals surface area contributed by atoms with E-state index in [0.29, 0.717) is 6.10 Å². The minimum absolute atomic E-state index is 0.109. The van der Waals surface area contributed by atoms with Gasteiger partial charge in [-0.05, 0) is 62.8 Å². The van der Waals surface area contributed by atoms with E-state index in [9.17, 15) is 4.79 Å². The Morgan fingerprint density at radius 2 is 1.82 bits per heavy atom. The molecule has 0 aliphatic heterocycles. The quantitative estimate of drug-likeness (QED) is 0.744. The first-order chi connectivity index (χ1) is 8.08. The molecule has 0 bridgehead atoms. The van der Waals surface area contributed by atoms with Gasteiger partial charge in [0.1, 0.15) is 6.61 Å². The van der Waals surface area contributed by atoms with Gasteiger partial charge in [-0.1, -0.05) is 6.07 Å². The van der Waals surface area contributed by atoms with Crippen LogP contribution in [0.4, 0.5) is 0 Å². The Kier molecular flexibility index (Phi) is 3.63. The molecule has 2 rings (SSSR count). The lowest BCUT2D eigenvalue weighted by atomic mass is 9.96. The molecule has 0 amide bonds. The number of benzene rings is 1. The van der Waals surface area contributed by atoms with Gasteiger partial charge in [0.05, 0.1) is 6.10 Å². The maximum atomic E-state index is 12.0. The molecular weight excluding hydrogens is 212 g/mol. The van der Waals surface area contributed by atoms with E-state index in [1.807, 2.05) is 19.9 Å². The zero-order valence-corrected chi connectivity index (χ0v) is 10.9. The summed E-state index contributed by atoms with van der Waals surface area (Å²) in [6.07, 6.45) is 3.78. The smallest absolute Gasteiger partial charge is 0.188 e. The van der Waals surface area contributed by atoms with Crippen molar-refractivity contribution in [2.75, 3.05) is 6.61 Å². The van der Waals surface area contributed by atoms with Gasteiger partial charge in [0.25, 0.3) is 0 Å². The average molecular weight is 232 g/mol. The maximum Gasteiger partial charge on any atom is 0.188 e. The Bertz CT molecular complexity index is 431. The number of rotatable bonds is 4. The van der Waals surface area contributed by atoms with Crippen LogP contribution in [-0.4, -0.2) is 18.5 Å². The number of aryl methyl sites for hydroxylation is 3. The first kappa shape index (κ1) is 12.3. The van der Waals surface area contributed by atoms with Gasteiger partial charge < -0.3 is 4.74 Å². The average Bonchev–Trinajstić information content (AvgIpc) is 2.21. The van der Waals surface area contributed by atoms with Gasteiger partial charge in [-0.15, -0.1) is 0 Å². The van der Waals surface area contributed by atoms with Gasteiger partial charge in [-0.25, -0.2) is 0 Å². The lowest BCUT2D eigenvalue weighted by Crippen LogP contribution is -2.25. The van der Waals surface area contributed by atoms with Crippen LogP contribution in [0.5, 0.6) is 0 Å². The third-order valence-corrected chi connectivity index (χ3v) is 3.64. The van der Waals surface area contributed by atoms with Crippen LogP contribution < -0.4 is 0 Å². The Hall–Kier alpha value is -1.15. The van der Waals surface area contributed by atoms with Crippen LogP contribution in [0, 0.1) is 20.8 Å². The van der Waals surface area contributed by atoms with Crippen LogP contribution in [0.3, 0.4) is 0 Å². The van der Waals surface area contributed by atoms with Gasteiger partial charge in [0, 0.05) is 5.56 Å². The molecular formula is C15H20O2. The van der Waals surface area contributed by atoms with Crippen molar-refractivity contribution in [3.8, 4) is 0 Å². The SMILES string of the molecule is Cc1cc(C)c(C(=O)COC2CCC2)cc1C. The summed E-state index contributed by atoms with van der Waals surface area (Å²) in [5, 5.41) is 0. The minimum Gasteiger partial charge on any atom is -0.370 e. The molecule has 0 aromatic heterocycles. The van der Waals surface area contributed by atoms with Crippen molar-refractivity contribution >= 4 is 5.78 Å². The van der Waals surface area contributed by atoms with E-state index < -0.39 is 0 Å². The van der Waals surface area contributed by atoms with Crippen molar-refractivity contribution in [2.24, 2.45) is 0 Å². The van der Waals surface area contributed by atoms with Crippen LogP contribution in [0.25, 0.3) is 0 Å². The van der Waals surface area contributed by atoms with Crippen molar-refractivity contribution in [1.29, 1.82) is 0 Å². The van der Waals surface area contributed by atoms with Gasteiger partial charge in [-0.3, -0.25) is 4.79 Å². The molecule has 1 aliphatic carbocycles. The zero-order valence-electron chi connectivity index (χ0n) is 10.9. The first-order valence-corrected chi connectivity index (χ1v) is 6.30. The lowest BCUT2D eigenvalue weighted by molar-refractivity contribution is 0.00728. The summed E-state index contributed by atoms with van der Waals surface area (Å²) in [4.78, 5) is 12.0. The highest BCUT2D eigenvalue weighted by Crippen LogP contribution is 2.22. The highest BCUT2D eigenvalue weighted by molar-refractivity contribution is 5.98. The molecule has 1 aromatic rings. The molecule has 2 heteroatoms. The standard InChI is InChI=1S/C15H20O2/c1-10-7-12(3)14(8-11(10)2)15(16)9-17-13-5-4-6-13/h7-8,13H,4-6,9H2,1-3H3. The second-order valence-corrected chi connectivity index (χ2v) is 5.04. The fourth-order valence-electron chi connectivity index (χ4n) is 2.07. The Labute approximate surface area is 103 Å². The molecule has 1 fully saturated rings. The predicted octanol–water partition coefficient (Wildman–Crippen LogP) is 3.36. The second kappa shape index (κ2) is 5.01. The number of ketones is 1. The molecule has 1 saturated carbocycles. The van der Waals surface area contributed by atoms with E-state index in [4.69, 9.17) is 4.74 Å². The van der Waals surface area contributed by atoms with Crippen molar-refractivity contribution in [3.05, 3.63) is 34.4 Å². The number of ether oxygens (including phenoxy) is 1. The molecule has 2 nitrogen and oxygen atoms in total. The Balaban J connectivity index is 2.04. The molecule has 1 aromatic carbocycles. The highest BCUT2D eigenvalue weighted by atomic mass is 16.5. The van der Waals surface area contributed by atoms with Gasteiger partial charge >= 0.3 is 0 Å². The van der Waals surface area contributed by atoms with E-state index in [1.54, 1.807) is 0 Å². The fourth-order valence-corrected chi connectivity index (χ4v) is 2.07.